The van der Waals surface area contributed by atoms with Gasteiger partial charge in [-0.2, -0.15) is 0 Å². The molecule has 0 aliphatic rings. The second kappa shape index (κ2) is 8.46. The molecule has 0 aromatic rings. The normalized spacial score (nSPS) is 9.83. The molecule has 0 unspecified atom stereocenters. The van der Waals surface area contributed by atoms with E-state index in [2.05, 4.69) is 10.6 Å². The first-order valence-corrected chi connectivity index (χ1v) is 4.34. The SMILES string of the molecule is CCNCCCC(=O)NCCF. The molecule has 0 rings (SSSR count). The zero-order valence-electron chi connectivity index (χ0n) is 7.53. The molecule has 0 heterocycles. The van der Waals surface area contributed by atoms with Crippen LogP contribution in [0.4, 0.5) is 4.39 Å². The summed E-state index contributed by atoms with van der Waals surface area (Å²) in [5.41, 5.74) is 0. The average molecular weight is 176 g/mol. The van der Waals surface area contributed by atoms with Crippen molar-refractivity contribution in [2.45, 2.75) is 19.8 Å². The first-order chi connectivity index (χ1) is 5.81. The Bertz CT molecular complexity index is 120. The minimum atomic E-state index is -0.487. The van der Waals surface area contributed by atoms with E-state index < -0.39 is 6.67 Å². The van der Waals surface area contributed by atoms with Crippen LogP contribution in [0.15, 0.2) is 0 Å². The number of hydrogen-bond donors (Lipinski definition) is 2. The lowest BCUT2D eigenvalue weighted by molar-refractivity contribution is -0.121. The molecule has 12 heavy (non-hydrogen) atoms. The van der Waals surface area contributed by atoms with E-state index in [4.69, 9.17) is 0 Å². The van der Waals surface area contributed by atoms with Crippen molar-refractivity contribution in [1.29, 1.82) is 0 Å². The van der Waals surface area contributed by atoms with Gasteiger partial charge in [-0.15, -0.1) is 0 Å². The highest BCUT2D eigenvalue weighted by atomic mass is 19.1. The summed E-state index contributed by atoms with van der Waals surface area (Å²) in [4.78, 5) is 10.9. The molecule has 0 aromatic carbocycles. The minimum absolute atomic E-state index is 0.0643. The molecule has 1 amide bonds. The fourth-order valence-electron chi connectivity index (χ4n) is 0.826. The third-order valence-electron chi connectivity index (χ3n) is 1.42. The number of carbonyl (C=O) groups excluding carboxylic acids is 1. The van der Waals surface area contributed by atoms with Crippen LogP contribution >= 0.6 is 0 Å². The van der Waals surface area contributed by atoms with Crippen molar-refractivity contribution in [3.63, 3.8) is 0 Å². The molecule has 3 nitrogen and oxygen atoms in total. The maximum absolute atomic E-state index is 11.6. The zero-order valence-corrected chi connectivity index (χ0v) is 7.53. The highest BCUT2D eigenvalue weighted by Gasteiger charge is 1.98. The molecule has 0 atom stereocenters. The standard InChI is InChI=1S/C8H17FN2O/c1-2-10-6-3-4-8(12)11-7-5-9/h10H,2-7H2,1H3,(H,11,12). The lowest BCUT2D eigenvalue weighted by atomic mass is 10.3. The van der Waals surface area contributed by atoms with Gasteiger partial charge >= 0.3 is 0 Å². The molecular formula is C8H17FN2O. The highest BCUT2D eigenvalue weighted by Crippen LogP contribution is 1.86. The van der Waals surface area contributed by atoms with Gasteiger partial charge in [0.1, 0.15) is 6.67 Å². The van der Waals surface area contributed by atoms with Crippen molar-refractivity contribution in [3.8, 4) is 0 Å². The third kappa shape index (κ3) is 7.47. The van der Waals surface area contributed by atoms with Gasteiger partial charge in [-0.25, -0.2) is 4.39 Å². The van der Waals surface area contributed by atoms with Gasteiger partial charge in [-0.1, -0.05) is 6.92 Å². The Morgan fingerprint density at radius 2 is 2.17 bits per heavy atom. The van der Waals surface area contributed by atoms with Crippen LogP contribution in [0.25, 0.3) is 0 Å². The van der Waals surface area contributed by atoms with E-state index in [9.17, 15) is 9.18 Å². The molecule has 72 valence electrons. The summed E-state index contributed by atoms with van der Waals surface area (Å²) in [5.74, 6) is -0.0643. The number of amides is 1. The number of nitrogens with one attached hydrogen (secondary N) is 2. The summed E-state index contributed by atoms with van der Waals surface area (Å²) in [6.07, 6.45) is 1.29. The van der Waals surface area contributed by atoms with E-state index in [1.807, 2.05) is 6.92 Å². The van der Waals surface area contributed by atoms with Gasteiger partial charge in [0.25, 0.3) is 0 Å². The lowest BCUT2D eigenvalue weighted by Gasteiger charge is -2.02. The molecular weight excluding hydrogens is 159 g/mol. The van der Waals surface area contributed by atoms with Crippen molar-refractivity contribution >= 4 is 5.91 Å². The van der Waals surface area contributed by atoms with Gasteiger partial charge in [0, 0.05) is 13.0 Å². The Labute approximate surface area is 72.7 Å². The summed E-state index contributed by atoms with van der Waals surface area (Å²) in [6, 6.07) is 0. The Kier molecular flexibility index (Phi) is 8.01. The second-order valence-corrected chi connectivity index (χ2v) is 2.50. The van der Waals surface area contributed by atoms with Crippen LogP contribution < -0.4 is 10.6 Å². The summed E-state index contributed by atoms with van der Waals surface area (Å²) >= 11 is 0. The maximum Gasteiger partial charge on any atom is 0.220 e. The van der Waals surface area contributed by atoms with Crippen LogP contribution in [0.1, 0.15) is 19.8 Å². The molecule has 0 aromatic heterocycles. The molecule has 0 radical (unpaired) electrons. The van der Waals surface area contributed by atoms with E-state index in [1.165, 1.54) is 0 Å². The first kappa shape index (κ1) is 11.4. The number of carbonyl (C=O) groups is 1. The van der Waals surface area contributed by atoms with Gasteiger partial charge in [0.2, 0.25) is 5.91 Å². The zero-order chi connectivity index (χ0) is 9.23. The maximum atomic E-state index is 11.6. The molecule has 0 aliphatic heterocycles. The molecule has 0 fully saturated rings. The van der Waals surface area contributed by atoms with Gasteiger partial charge in [0.05, 0.1) is 0 Å². The lowest BCUT2D eigenvalue weighted by Crippen LogP contribution is -2.26. The monoisotopic (exact) mass is 176 g/mol. The highest BCUT2D eigenvalue weighted by molar-refractivity contribution is 5.75. The van der Waals surface area contributed by atoms with E-state index in [-0.39, 0.29) is 12.5 Å². The summed E-state index contributed by atoms with van der Waals surface area (Å²) in [5, 5.41) is 5.57. The van der Waals surface area contributed by atoms with Crippen LogP contribution in [0, 0.1) is 0 Å². The van der Waals surface area contributed by atoms with E-state index >= 15 is 0 Å². The van der Waals surface area contributed by atoms with Crippen LogP contribution in [0.5, 0.6) is 0 Å². The van der Waals surface area contributed by atoms with Crippen LogP contribution in [0.2, 0.25) is 0 Å². The quantitative estimate of drug-likeness (QED) is 0.553. The van der Waals surface area contributed by atoms with Gasteiger partial charge in [0.15, 0.2) is 0 Å². The van der Waals surface area contributed by atoms with Crippen molar-refractivity contribution in [2.24, 2.45) is 0 Å². The van der Waals surface area contributed by atoms with Crippen molar-refractivity contribution in [1.82, 2.24) is 10.6 Å². The van der Waals surface area contributed by atoms with Crippen molar-refractivity contribution < 1.29 is 9.18 Å². The second-order valence-electron chi connectivity index (χ2n) is 2.50. The molecule has 0 saturated carbocycles. The fourth-order valence-corrected chi connectivity index (χ4v) is 0.826. The van der Waals surface area contributed by atoms with Crippen LogP contribution in [-0.2, 0) is 4.79 Å². The Hall–Kier alpha value is -0.640. The van der Waals surface area contributed by atoms with E-state index in [0.717, 1.165) is 19.5 Å². The van der Waals surface area contributed by atoms with Crippen LogP contribution in [0.3, 0.4) is 0 Å². The third-order valence-corrected chi connectivity index (χ3v) is 1.42. The molecule has 0 bridgehead atoms. The van der Waals surface area contributed by atoms with Crippen molar-refractivity contribution in [2.75, 3.05) is 26.3 Å². The smallest absolute Gasteiger partial charge is 0.220 e. The van der Waals surface area contributed by atoms with Crippen LogP contribution in [-0.4, -0.2) is 32.2 Å². The van der Waals surface area contributed by atoms with Crippen molar-refractivity contribution in [3.05, 3.63) is 0 Å². The van der Waals surface area contributed by atoms with E-state index in [0.29, 0.717) is 6.42 Å². The van der Waals surface area contributed by atoms with Gasteiger partial charge in [-0.05, 0) is 19.5 Å². The predicted molar refractivity (Wildman–Crippen MR) is 46.8 cm³/mol. The van der Waals surface area contributed by atoms with E-state index in [1.54, 1.807) is 0 Å². The molecule has 0 saturated heterocycles. The van der Waals surface area contributed by atoms with Gasteiger partial charge < -0.3 is 10.6 Å². The summed E-state index contributed by atoms with van der Waals surface area (Å²) in [7, 11) is 0. The largest absolute Gasteiger partial charge is 0.353 e. The minimum Gasteiger partial charge on any atom is -0.353 e. The molecule has 0 spiro atoms. The molecule has 2 N–H and O–H groups in total. The molecule has 0 aliphatic carbocycles. The summed E-state index contributed by atoms with van der Waals surface area (Å²) < 4.78 is 11.6. The number of rotatable bonds is 7. The van der Waals surface area contributed by atoms with Gasteiger partial charge in [-0.3, -0.25) is 4.79 Å². The predicted octanol–water partition coefficient (Wildman–Crippen LogP) is 0.462. The number of hydrogen-bond acceptors (Lipinski definition) is 2. The Morgan fingerprint density at radius 1 is 1.42 bits per heavy atom. The topological polar surface area (TPSA) is 41.1 Å². The number of alkyl halides is 1. The Morgan fingerprint density at radius 3 is 2.75 bits per heavy atom. The number of halogens is 1. The average Bonchev–Trinajstić information content (AvgIpc) is 2.09. The summed E-state index contributed by atoms with van der Waals surface area (Å²) in [6.45, 7) is 3.44. The Balaban J connectivity index is 3.08. The first-order valence-electron chi connectivity index (χ1n) is 4.34. The molecule has 4 heteroatoms. The fraction of sp³-hybridized carbons (Fsp3) is 0.875.